The highest BCUT2D eigenvalue weighted by atomic mass is 32.1. The zero-order valence-electron chi connectivity index (χ0n) is 18.7. The number of hydrogen-bond donors (Lipinski definition) is 3. The number of amides is 2. The minimum absolute atomic E-state index is 0.262. The van der Waals surface area contributed by atoms with Gasteiger partial charge in [-0.15, -0.1) is 11.3 Å². The van der Waals surface area contributed by atoms with Gasteiger partial charge >= 0.3 is 0 Å². The third kappa shape index (κ3) is 6.49. The van der Waals surface area contributed by atoms with E-state index in [4.69, 9.17) is 0 Å². The van der Waals surface area contributed by atoms with Crippen molar-refractivity contribution in [2.24, 2.45) is 0 Å². The molecule has 0 aliphatic heterocycles. The van der Waals surface area contributed by atoms with Gasteiger partial charge in [0.15, 0.2) is 5.13 Å². The Hall–Kier alpha value is -4.04. The molecule has 0 radical (unpaired) electrons. The fourth-order valence-corrected chi connectivity index (χ4v) is 4.10. The van der Waals surface area contributed by atoms with Crippen molar-refractivity contribution in [2.45, 2.75) is 25.9 Å². The predicted molar refractivity (Wildman–Crippen MR) is 134 cm³/mol. The van der Waals surface area contributed by atoms with Crippen molar-refractivity contribution in [3.8, 4) is 0 Å². The van der Waals surface area contributed by atoms with E-state index in [1.54, 1.807) is 17.8 Å². The number of aromatic nitrogens is 2. The Bertz CT molecular complexity index is 1240. The van der Waals surface area contributed by atoms with E-state index in [1.807, 2.05) is 73.7 Å². The second-order valence-electron chi connectivity index (χ2n) is 7.82. The minimum Gasteiger partial charge on any atom is -0.350 e. The molecule has 1 unspecified atom stereocenters. The molecule has 0 saturated heterocycles. The highest BCUT2D eigenvalue weighted by Gasteiger charge is 2.23. The largest absolute Gasteiger partial charge is 0.350 e. The van der Waals surface area contributed by atoms with Crippen molar-refractivity contribution in [3.05, 3.63) is 107 Å². The van der Waals surface area contributed by atoms with Gasteiger partial charge in [0.2, 0.25) is 5.91 Å². The van der Waals surface area contributed by atoms with Gasteiger partial charge in [0.05, 0.1) is 0 Å². The maximum atomic E-state index is 13.0. The van der Waals surface area contributed by atoms with Gasteiger partial charge in [0, 0.05) is 36.4 Å². The highest BCUT2D eigenvalue weighted by molar-refractivity contribution is 7.14. The van der Waals surface area contributed by atoms with E-state index < -0.39 is 11.9 Å². The molecule has 172 valence electrons. The van der Waals surface area contributed by atoms with E-state index in [0.717, 1.165) is 22.4 Å². The molecule has 8 heteroatoms. The molecule has 0 bridgehead atoms. The summed E-state index contributed by atoms with van der Waals surface area (Å²) >= 11 is 1.34. The van der Waals surface area contributed by atoms with Gasteiger partial charge in [-0.1, -0.05) is 42.5 Å². The third-order valence-electron chi connectivity index (χ3n) is 5.13. The first-order valence-corrected chi connectivity index (χ1v) is 11.8. The zero-order valence-corrected chi connectivity index (χ0v) is 19.5. The summed E-state index contributed by atoms with van der Waals surface area (Å²) in [5.41, 5.74) is 4.17. The van der Waals surface area contributed by atoms with Crippen LogP contribution in [0.25, 0.3) is 0 Å². The molecule has 0 aliphatic carbocycles. The number of rotatable bonds is 9. The third-order valence-corrected chi connectivity index (χ3v) is 5.88. The monoisotopic (exact) mass is 471 g/mol. The summed E-state index contributed by atoms with van der Waals surface area (Å²) in [5.74, 6) is -0.657. The Labute approximate surface area is 202 Å². The highest BCUT2D eigenvalue weighted by Crippen LogP contribution is 2.21. The molecule has 2 amide bonds. The zero-order chi connectivity index (χ0) is 23.8. The average molecular weight is 472 g/mol. The van der Waals surface area contributed by atoms with Gasteiger partial charge < -0.3 is 16.0 Å². The fraction of sp³-hybridized carbons (Fsp3) is 0.154. The Kier molecular flexibility index (Phi) is 7.62. The maximum Gasteiger partial charge on any atom is 0.271 e. The van der Waals surface area contributed by atoms with Crippen LogP contribution in [0.4, 0.5) is 10.8 Å². The number of benzene rings is 2. The second kappa shape index (κ2) is 11.2. The number of anilines is 2. The Morgan fingerprint density at radius 3 is 2.53 bits per heavy atom. The molecular weight excluding hydrogens is 446 g/mol. The summed E-state index contributed by atoms with van der Waals surface area (Å²) in [6.45, 7) is 2.36. The Morgan fingerprint density at radius 2 is 1.76 bits per heavy atom. The topological polar surface area (TPSA) is 96.0 Å². The maximum absolute atomic E-state index is 13.0. The van der Waals surface area contributed by atoms with E-state index >= 15 is 0 Å². The van der Waals surface area contributed by atoms with E-state index in [9.17, 15) is 9.59 Å². The van der Waals surface area contributed by atoms with Crippen LogP contribution in [0.15, 0.2) is 84.5 Å². The summed E-state index contributed by atoms with van der Waals surface area (Å²) in [6, 6.07) is 20.4. The number of pyridine rings is 1. The van der Waals surface area contributed by atoms with Crippen molar-refractivity contribution in [1.82, 2.24) is 20.6 Å². The summed E-state index contributed by atoms with van der Waals surface area (Å²) in [6.07, 6.45) is 3.72. The van der Waals surface area contributed by atoms with E-state index in [-0.39, 0.29) is 11.6 Å². The van der Waals surface area contributed by atoms with Crippen LogP contribution >= 0.6 is 11.3 Å². The summed E-state index contributed by atoms with van der Waals surface area (Å²) in [5, 5.41) is 11.3. The number of hydrogen-bond acceptors (Lipinski definition) is 6. The molecule has 34 heavy (non-hydrogen) atoms. The molecule has 7 nitrogen and oxygen atoms in total. The van der Waals surface area contributed by atoms with Crippen LogP contribution in [-0.4, -0.2) is 27.8 Å². The quantitative estimate of drug-likeness (QED) is 0.339. The average Bonchev–Trinajstić information content (AvgIpc) is 3.32. The van der Waals surface area contributed by atoms with Gasteiger partial charge in [-0.3, -0.25) is 14.6 Å². The van der Waals surface area contributed by atoms with Crippen LogP contribution in [0.1, 0.15) is 27.2 Å². The molecule has 1 atom stereocenters. The normalized spacial score (nSPS) is 11.4. The smallest absolute Gasteiger partial charge is 0.271 e. The fourth-order valence-electron chi connectivity index (χ4n) is 3.39. The molecule has 2 aromatic heterocycles. The van der Waals surface area contributed by atoms with Crippen molar-refractivity contribution < 1.29 is 9.59 Å². The molecule has 3 N–H and O–H groups in total. The van der Waals surface area contributed by atoms with E-state index in [2.05, 4.69) is 25.9 Å². The van der Waals surface area contributed by atoms with Crippen LogP contribution < -0.4 is 16.0 Å². The number of aryl methyl sites for hydroxylation is 1. The van der Waals surface area contributed by atoms with Gasteiger partial charge in [-0.05, 0) is 47.9 Å². The van der Waals surface area contributed by atoms with Crippen LogP contribution in [-0.2, 0) is 17.8 Å². The van der Waals surface area contributed by atoms with Crippen LogP contribution in [0.2, 0.25) is 0 Å². The Morgan fingerprint density at radius 1 is 0.971 bits per heavy atom. The first-order chi connectivity index (χ1) is 16.6. The van der Waals surface area contributed by atoms with Gasteiger partial charge in [0.25, 0.3) is 5.91 Å². The number of carbonyl (C=O) groups is 2. The van der Waals surface area contributed by atoms with Crippen molar-refractivity contribution in [3.63, 3.8) is 0 Å². The molecule has 0 aliphatic rings. The molecule has 0 spiro atoms. The number of nitrogens with zero attached hydrogens (tertiary/aromatic N) is 2. The van der Waals surface area contributed by atoms with E-state index in [1.165, 1.54) is 11.3 Å². The Balaban J connectivity index is 1.44. The number of nitrogens with one attached hydrogen (secondary N) is 3. The predicted octanol–water partition coefficient (Wildman–Crippen LogP) is 4.25. The SMILES string of the molecule is Cc1cccc(Nc2nc(C(=O)NC(Cc3ccccc3)C(=O)NCc3ccncc3)cs2)c1. The minimum atomic E-state index is -0.744. The molecule has 0 saturated carbocycles. The summed E-state index contributed by atoms with van der Waals surface area (Å²) in [4.78, 5) is 34.3. The van der Waals surface area contributed by atoms with E-state index in [0.29, 0.717) is 18.1 Å². The number of thiazole rings is 1. The lowest BCUT2D eigenvalue weighted by atomic mass is 10.0. The molecule has 2 heterocycles. The molecule has 4 aromatic rings. The standard InChI is InChI=1S/C26H25N5O2S/c1-18-6-5-9-21(14-18)29-26-31-23(17-34-26)25(33)30-22(15-19-7-3-2-4-8-19)24(32)28-16-20-10-12-27-13-11-20/h2-14,17,22H,15-16H2,1H3,(H,28,32)(H,29,31)(H,30,33). The lowest BCUT2D eigenvalue weighted by molar-refractivity contribution is -0.123. The summed E-state index contributed by atoms with van der Waals surface area (Å²) < 4.78 is 0. The first kappa shape index (κ1) is 23.1. The van der Waals surface area contributed by atoms with Gasteiger partial charge in [-0.25, -0.2) is 4.98 Å². The second-order valence-corrected chi connectivity index (χ2v) is 8.68. The molecular formula is C26H25N5O2S. The van der Waals surface area contributed by atoms with Gasteiger partial charge in [-0.2, -0.15) is 0 Å². The molecule has 4 rings (SSSR count). The first-order valence-electron chi connectivity index (χ1n) is 10.9. The molecule has 2 aromatic carbocycles. The van der Waals surface area contributed by atoms with Crippen LogP contribution in [0.5, 0.6) is 0 Å². The van der Waals surface area contributed by atoms with Crippen molar-refractivity contribution >= 4 is 34.0 Å². The van der Waals surface area contributed by atoms with Crippen LogP contribution in [0.3, 0.4) is 0 Å². The van der Waals surface area contributed by atoms with Gasteiger partial charge in [0.1, 0.15) is 11.7 Å². The molecule has 0 fully saturated rings. The summed E-state index contributed by atoms with van der Waals surface area (Å²) in [7, 11) is 0. The van der Waals surface area contributed by atoms with Crippen molar-refractivity contribution in [1.29, 1.82) is 0 Å². The van der Waals surface area contributed by atoms with Crippen molar-refractivity contribution in [2.75, 3.05) is 5.32 Å². The lowest BCUT2D eigenvalue weighted by Crippen LogP contribution is -2.47. The lowest BCUT2D eigenvalue weighted by Gasteiger charge is -2.18. The van der Waals surface area contributed by atoms with Crippen LogP contribution in [0, 0.1) is 6.92 Å². The number of carbonyl (C=O) groups excluding carboxylic acids is 2.